The second-order valence-electron chi connectivity index (χ2n) is 5.47. The fraction of sp³-hybridized carbons (Fsp3) is 0.600. The number of hydrogen-bond donors (Lipinski definition) is 2. The maximum atomic E-state index is 13.0. The third kappa shape index (κ3) is 3.91. The van der Waals surface area contributed by atoms with Crippen LogP contribution in [-0.4, -0.2) is 23.3 Å². The van der Waals surface area contributed by atoms with Gasteiger partial charge in [0, 0.05) is 17.5 Å². The average Bonchev–Trinajstić information content (AvgIpc) is 2.36. The lowest BCUT2D eigenvalue weighted by Crippen LogP contribution is -2.42. The van der Waals surface area contributed by atoms with Crippen molar-refractivity contribution in [3.05, 3.63) is 34.6 Å². The molecule has 1 aromatic carbocycles. The lowest BCUT2D eigenvalue weighted by molar-refractivity contribution is -0.00294. The summed E-state index contributed by atoms with van der Waals surface area (Å²) in [6.45, 7) is 3.06. The molecule has 0 radical (unpaired) electrons. The fourth-order valence-electron chi connectivity index (χ4n) is 2.84. The molecule has 0 atom stereocenters. The summed E-state index contributed by atoms with van der Waals surface area (Å²) < 4.78 is 13.0. The zero-order valence-corrected chi connectivity index (χ0v) is 12.0. The fourth-order valence-corrected chi connectivity index (χ4v) is 3.08. The van der Waals surface area contributed by atoms with Crippen molar-refractivity contribution in [1.82, 2.24) is 5.32 Å². The van der Waals surface area contributed by atoms with Crippen LogP contribution < -0.4 is 5.32 Å². The van der Waals surface area contributed by atoms with Gasteiger partial charge in [-0.3, -0.25) is 0 Å². The van der Waals surface area contributed by atoms with Gasteiger partial charge in [0.15, 0.2) is 0 Å². The van der Waals surface area contributed by atoms with E-state index in [0.29, 0.717) is 17.5 Å². The highest BCUT2D eigenvalue weighted by molar-refractivity contribution is 6.31. The van der Waals surface area contributed by atoms with E-state index in [9.17, 15) is 9.50 Å². The Morgan fingerprint density at radius 2 is 2.11 bits per heavy atom. The lowest BCUT2D eigenvalue weighted by atomic mass is 9.78. The lowest BCUT2D eigenvalue weighted by Gasteiger charge is -2.36. The van der Waals surface area contributed by atoms with Crippen LogP contribution >= 0.6 is 11.6 Å². The molecule has 0 unspecified atom stereocenters. The highest BCUT2D eigenvalue weighted by atomic mass is 35.5. The normalized spacial score (nSPS) is 27.5. The average molecular weight is 286 g/mol. The van der Waals surface area contributed by atoms with E-state index in [4.69, 9.17) is 11.6 Å². The number of aliphatic hydroxyl groups is 1. The summed E-state index contributed by atoms with van der Waals surface area (Å²) >= 11 is 6.03. The Labute approximate surface area is 119 Å². The third-order valence-corrected chi connectivity index (χ3v) is 4.30. The van der Waals surface area contributed by atoms with Crippen LogP contribution in [0.2, 0.25) is 5.02 Å². The van der Waals surface area contributed by atoms with E-state index in [1.54, 1.807) is 6.07 Å². The summed E-state index contributed by atoms with van der Waals surface area (Å²) in [4.78, 5) is 0. The summed E-state index contributed by atoms with van der Waals surface area (Å²) in [6, 6.07) is 4.89. The Bertz CT molecular complexity index is 430. The predicted molar refractivity (Wildman–Crippen MR) is 76.0 cm³/mol. The molecule has 0 aromatic heterocycles. The van der Waals surface area contributed by atoms with Crippen LogP contribution in [0.1, 0.15) is 38.2 Å². The number of hydrogen-bond acceptors (Lipinski definition) is 2. The van der Waals surface area contributed by atoms with Crippen LogP contribution in [0.4, 0.5) is 4.39 Å². The topological polar surface area (TPSA) is 32.3 Å². The summed E-state index contributed by atoms with van der Waals surface area (Å²) in [5.41, 5.74) is 0.125. The van der Waals surface area contributed by atoms with Crippen molar-refractivity contribution in [1.29, 1.82) is 0 Å². The molecule has 0 amide bonds. The van der Waals surface area contributed by atoms with Crippen LogP contribution in [0.15, 0.2) is 18.2 Å². The van der Waals surface area contributed by atoms with Crippen molar-refractivity contribution in [2.75, 3.05) is 6.54 Å². The molecule has 2 nitrogen and oxygen atoms in total. The predicted octanol–water partition coefficient (Wildman–Crippen LogP) is 3.30. The van der Waals surface area contributed by atoms with E-state index < -0.39 is 5.60 Å². The molecule has 1 aliphatic carbocycles. The first-order valence-electron chi connectivity index (χ1n) is 6.92. The molecule has 106 valence electrons. The van der Waals surface area contributed by atoms with E-state index in [2.05, 4.69) is 12.2 Å². The highest BCUT2D eigenvalue weighted by Gasteiger charge is 2.33. The van der Waals surface area contributed by atoms with Crippen molar-refractivity contribution >= 4 is 11.6 Å². The number of benzene rings is 1. The minimum absolute atomic E-state index is 0.336. The quantitative estimate of drug-likeness (QED) is 0.890. The van der Waals surface area contributed by atoms with Crippen LogP contribution in [-0.2, 0) is 6.42 Å². The van der Waals surface area contributed by atoms with Crippen LogP contribution in [0.25, 0.3) is 0 Å². The second-order valence-corrected chi connectivity index (χ2v) is 5.88. The van der Waals surface area contributed by atoms with E-state index in [1.165, 1.54) is 12.1 Å². The van der Waals surface area contributed by atoms with Gasteiger partial charge in [0.05, 0.1) is 5.60 Å². The van der Waals surface area contributed by atoms with Gasteiger partial charge in [-0.15, -0.1) is 0 Å². The van der Waals surface area contributed by atoms with Gasteiger partial charge in [0.2, 0.25) is 0 Å². The molecule has 0 aliphatic heterocycles. The minimum atomic E-state index is -0.701. The molecule has 2 rings (SSSR count). The molecule has 0 heterocycles. The molecular formula is C15H21ClFNO. The van der Waals surface area contributed by atoms with E-state index in [1.807, 2.05) is 0 Å². The second kappa shape index (κ2) is 6.21. The molecule has 2 N–H and O–H groups in total. The monoisotopic (exact) mass is 285 g/mol. The van der Waals surface area contributed by atoms with Gasteiger partial charge in [-0.25, -0.2) is 4.39 Å². The third-order valence-electron chi connectivity index (χ3n) is 3.94. The summed E-state index contributed by atoms with van der Waals surface area (Å²) in [5.74, 6) is -0.336. The molecule has 4 heteroatoms. The molecule has 0 saturated heterocycles. The molecule has 0 bridgehead atoms. The van der Waals surface area contributed by atoms with Crippen LogP contribution in [0, 0.1) is 5.82 Å². The maximum Gasteiger partial charge on any atom is 0.124 e. The van der Waals surface area contributed by atoms with Crippen molar-refractivity contribution < 1.29 is 9.50 Å². The Morgan fingerprint density at radius 1 is 1.42 bits per heavy atom. The molecule has 1 saturated carbocycles. The summed E-state index contributed by atoms with van der Waals surface area (Å²) in [5, 5.41) is 14.4. The Kier molecular flexibility index (Phi) is 4.82. The van der Waals surface area contributed by atoms with E-state index in [-0.39, 0.29) is 5.82 Å². The van der Waals surface area contributed by atoms with Crippen LogP contribution in [0.5, 0.6) is 0 Å². The first-order chi connectivity index (χ1) is 9.02. The molecule has 0 spiro atoms. The molecule has 1 fully saturated rings. The Balaban J connectivity index is 1.99. The van der Waals surface area contributed by atoms with Crippen molar-refractivity contribution in [3.8, 4) is 0 Å². The van der Waals surface area contributed by atoms with Crippen molar-refractivity contribution in [2.45, 2.75) is 50.7 Å². The smallest absolute Gasteiger partial charge is 0.124 e. The van der Waals surface area contributed by atoms with Crippen molar-refractivity contribution in [3.63, 3.8) is 0 Å². The summed E-state index contributed by atoms with van der Waals surface area (Å²) in [6.07, 6.45) is 3.98. The van der Waals surface area contributed by atoms with Gasteiger partial charge < -0.3 is 10.4 Å². The first kappa shape index (κ1) is 14.8. The highest BCUT2D eigenvalue weighted by Crippen LogP contribution is 2.33. The van der Waals surface area contributed by atoms with Gasteiger partial charge in [0.25, 0.3) is 0 Å². The molecule has 19 heavy (non-hydrogen) atoms. The number of nitrogens with one attached hydrogen (secondary N) is 1. The number of halogens is 2. The zero-order chi connectivity index (χ0) is 13.9. The zero-order valence-electron chi connectivity index (χ0n) is 11.3. The SMILES string of the molecule is CCNC1CCC(O)(Cc2ccc(F)cc2Cl)CC1. The van der Waals surface area contributed by atoms with Gasteiger partial charge >= 0.3 is 0 Å². The van der Waals surface area contributed by atoms with E-state index in [0.717, 1.165) is 37.8 Å². The van der Waals surface area contributed by atoms with E-state index >= 15 is 0 Å². The molecule has 1 aromatic rings. The Hall–Kier alpha value is -0.640. The standard InChI is InChI=1S/C15H21ClFNO/c1-2-18-13-5-7-15(19,8-6-13)10-11-3-4-12(17)9-14(11)16/h3-4,9,13,18-19H,2,5-8,10H2,1H3. The Morgan fingerprint density at radius 3 is 2.68 bits per heavy atom. The largest absolute Gasteiger partial charge is 0.390 e. The minimum Gasteiger partial charge on any atom is -0.390 e. The van der Waals surface area contributed by atoms with Crippen molar-refractivity contribution in [2.24, 2.45) is 0 Å². The molecule has 1 aliphatic rings. The van der Waals surface area contributed by atoms with Gasteiger partial charge in [-0.05, 0) is 49.9 Å². The number of rotatable bonds is 4. The molecular weight excluding hydrogens is 265 g/mol. The maximum absolute atomic E-state index is 13.0. The van der Waals surface area contributed by atoms with Gasteiger partial charge in [-0.1, -0.05) is 24.6 Å². The van der Waals surface area contributed by atoms with Gasteiger partial charge in [0.1, 0.15) is 5.82 Å². The first-order valence-corrected chi connectivity index (χ1v) is 7.30. The van der Waals surface area contributed by atoms with Gasteiger partial charge in [-0.2, -0.15) is 0 Å². The summed E-state index contributed by atoms with van der Waals surface area (Å²) in [7, 11) is 0. The van der Waals surface area contributed by atoms with Crippen LogP contribution in [0.3, 0.4) is 0 Å².